The highest BCUT2D eigenvalue weighted by Crippen LogP contribution is 2.40. The maximum Gasteiger partial charge on any atom is 0.419 e. The third kappa shape index (κ3) is 4.94. The number of halogens is 8. The number of hydrogen-bond donors (Lipinski definition) is 0. The van der Waals surface area contributed by atoms with Crippen LogP contribution < -0.4 is 0 Å². The minimum Gasteiger partial charge on any atom is -0.313 e. The SMILES string of the molecule is CCC(F)(F)C(F)(F)OCC(C)OC(F)(F)C(F)(F)CC. The number of ether oxygens (including phenoxy) is 2. The van der Waals surface area contributed by atoms with Crippen molar-refractivity contribution in [1.29, 1.82) is 0 Å². The summed E-state index contributed by atoms with van der Waals surface area (Å²) in [7, 11) is 0. The lowest BCUT2D eigenvalue weighted by Gasteiger charge is -2.30. The molecule has 0 aliphatic carbocycles. The lowest BCUT2D eigenvalue weighted by molar-refractivity contribution is -0.383. The van der Waals surface area contributed by atoms with Gasteiger partial charge in [0, 0.05) is 12.8 Å². The molecule has 0 amide bonds. The van der Waals surface area contributed by atoms with E-state index >= 15 is 0 Å². The van der Waals surface area contributed by atoms with Crippen molar-refractivity contribution in [2.24, 2.45) is 0 Å². The average Bonchev–Trinajstić information content (AvgIpc) is 2.35. The molecule has 0 spiro atoms. The fourth-order valence-corrected chi connectivity index (χ4v) is 1.11. The van der Waals surface area contributed by atoms with Crippen LogP contribution in [-0.4, -0.2) is 36.8 Å². The minimum absolute atomic E-state index is 0.722. The molecular formula is C11H16F8O2. The first-order valence-corrected chi connectivity index (χ1v) is 6.05. The molecule has 0 saturated heterocycles. The third-order valence-electron chi connectivity index (χ3n) is 2.59. The normalized spacial score (nSPS) is 16.1. The fraction of sp³-hybridized carbons (Fsp3) is 1.00. The van der Waals surface area contributed by atoms with Gasteiger partial charge in [-0.3, -0.25) is 0 Å². The molecule has 0 aromatic rings. The van der Waals surface area contributed by atoms with Crippen molar-refractivity contribution < 1.29 is 44.6 Å². The van der Waals surface area contributed by atoms with Crippen LogP contribution in [0.15, 0.2) is 0 Å². The van der Waals surface area contributed by atoms with E-state index in [1.807, 2.05) is 0 Å². The largest absolute Gasteiger partial charge is 0.419 e. The maximum atomic E-state index is 13.0. The number of alkyl halides is 8. The smallest absolute Gasteiger partial charge is 0.313 e. The molecule has 0 fully saturated rings. The molecule has 0 radical (unpaired) electrons. The molecule has 21 heavy (non-hydrogen) atoms. The second-order valence-electron chi connectivity index (χ2n) is 4.39. The van der Waals surface area contributed by atoms with Crippen LogP contribution in [0.25, 0.3) is 0 Å². The summed E-state index contributed by atoms with van der Waals surface area (Å²) in [5.74, 6) is -9.03. The summed E-state index contributed by atoms with van der Waals surface area (Å²) in [6, 6.07) is 0. The molecule has 0 rings (SSSR count). The van der Waals surface area contributed by atoms with Crippen LogP contribution in [0.5, 0.6) is 0 Å². The molecule has 0 bridgehead atoms. The van der Waals surface area contributed by atoms with Crippen molar-refractivity contribution in [3.8, 4) is 0 Å². The lowest BCUT2D eigenvalue weighted by Crippen LogP contribution is -2.47. The molecule has 0 saturated carbocycles. The van der Waals surface area contributed by atoms with Crippen LogP contribution in [0.3, 0.4) is 0 Å². The summed E-state index contributed by atoms with van der Waals surface area (Å²) in [5, 5.41) is 0. The Labute approximate surface area is 116 Å². The summed E-state index contributed by atoms with van der Waals surface area (Å²) in [6.07, 6.45) is -14.3. The van der Waals surface area contributed by atoms with Gasteiger partial charge in [0.15, 0.2) is 0 Å². The first-order valence-electron chi connectivity index (χ1n) is 6.05. The highest BCUT2D eigenvalue weighted by molar-refractivity contribution is 4.78. The Morgan fingerprint density at radius 3 is 1.52 bits per heavy atom. The molecule has 0 N–H and O–H groups in total. The highest BCUT2D eigenvalue weighted by Gasteiger charge is 2.59. The van der Waals surface area contributed by atoms with E-state index in [0.717, 1.165) is 20.8 Å². The monoisotopic (exact) mass is 332 g/mol. The van der Waals surface area contributed by atoms with Gasteiger partial charge >= 0.3 is 24.1 Å². The van der Waals surface area contributed by atoms with Gasteiger partial charge in [-0.2, -0.15) is 35.1 Å². The molecule has 0 heterocycles. The van der Waals surface area contributed by atoms with Crippen LogP contribution >= 0.6 is 0 Å². The van der Waals surface area contributed by atoms with Crippen molar-refractivity contribution in [3.05, 3.63) is 0 Å². The molecule has 10 heteroatoms. The van der Waals surface area contributed by atoms with Gasteiger partial charge in [0.2, 0.25) is 0 Å². The van der Waals surface area contributed by atoms with E-state index in [1.165, 1.54) is 0 Å². The van der Waals surface area contributed by atoms with Gasteiger partial charge in [-0.15, -0.1) is 0 Å². The predicted octanol–water partition coefficient (Wildman–Crippen LogP) is 4.68. The Hall–Kier alpha value is -0.640. The maximum absolute atomic E-state index is 13.0. The molecule has 0 aromatic carbocycles. The van der Waals surface area contributed by atoms with Crippen LogP contribution in [-0.2, 0) is 9.47 Å². The van der Waals surface area contributed by atoms with Gasteiger partial charge in [-0.05, 0) is 6.92 Å². The van der Waals surface area contributed by atoms with Gasteiger partial charge in [0.25, 0.3) is 0 Å². The second-order valence-corrected chi connectivity index (χ2v) is 4.39. The Bertz CT molecular complexity index is 332. The standard InChI is InChI=1S/C11H16F8O2/c1-4-8(12,13)10(16,17)20-6-7(3)21-11(18,19)9(14,15)5-2/h7H,4-6H2,1-3H3. The van der Waals surface area contributed by atoms with Gasteiger partial charge in [0.05, 0.1) is 12.7 Å². The van der Waals surface area contributed by atoms with E-state index in [1.54, 1.807) is 0 Å². The van der Waals surface area contributed by atoms with Gasteiger partial charge < -0.3 is 9.47 Å². The van der Waals surface area contributed by atoms with Crippen LogP contribution in [0.2, 0.25) is 0 Å². The molecular weight excluding hydrogens is 316 g/mol. The van der Waals surface area contributed by atoms with Crippen molar-refractivity contribution >= 4 is 0 Å². The summed E-state index contributed by atoms with van der Waals surface area (Å²) >= 11 is 0. The zero-order valence-electron chi connectivity index (χ0n) is 11.5. The van der Waals surface area contributed by atoms with E-state index in [4.69, 9.17) is 0 Å². The Kier molecular flexibility index (Phi) is 6.43. The summed E-state index contributed by atoms with van der Waals surface area (Å²) < 4.78 is 110. The van der Waals surface area contributed by atoms with E-state index in [9.17, 15) is 35.1 Å². The summed E-state index contributed by atoms with van der Waals surface area (Å²) in [6.45, 7) is 0.860. The topological polar surface area (TPSA) is 18.5 Å². The van der Waals surface area contributed by atoms with Gasteiger partial charge in [0.1, 0.15) is 0 Å². The van der Waals surface area contributed by atoms with Crippen molar-refractivity contribution in [1.82, 2.24) is 0 Å². The number of hydrogen-bond acceptors (Lipinski definition) is 2. The first kappa shape index (κ1) is 20.4. The van der Waals surface area contributed by atoms with Crippen LogP contribution in [0, 0.1) is 0 Å². The van der Waals surface area contributed by atoms with E-state index in [0.29, 0.717) is 0 Å². The zero-order chi connectivity index (χ0) is 17.1. The molecule has 0 aromatic heterocycles. The Morgan fingerprint density at radius 1 is 0.762 bits per heavy atom. The van der Waals surface area contributed by atoms with Crippen LogP contribution in [0.1, 0.15) is 33.6 Å². The molecule has 1 atom stereocenters. The predicted molar refractivity (Wildman–Crippen MR) is 56.9 cm³/mol. The second kappa shape index (κ2) is 6.64. The first-order chi connectivity index (χ1) is 9.22. The molecule has 2 nitrogen and oxygen atoms in total. The van der Waals surface area contributed by atoms with Crippen molar-refractivity contribution in [2.45, 2.75) is 63.8 Å². The molecule has 0 aliphatic heterocycles. The highest BCUT2D eigenvalue weighted by atomic mass is 19.3. The molecule has 0 aliphatic rings. The third-order valence-corrected chi connectivity index (χ3v) is 2.59. The van der Waals surface area contributed by atoms with Crippen molar-refractivity contribution in [2.75, 3.05) is 6.61 Å². The van der Waals surface area contributed by atoms with Gasteiger partial charge in [-0.25, -0.2) is 0 Å². The lowest BCUT2D eigenvalue weighted by atomic mass is 10.2. The Morgan fingerprint density at radius 2 is 1.14 bits per heavy atom. The van der Waals surface area contributed by atoms with Crippen LogP contribution in [0.4, 0.5) is 35.1 Å². The Balaban J connectivity index is 4.63. The quantitative estimate of drug-likeness (QED) is 0.571. The average molecular weight is 332 g/mol. The van der Waals surface area contributed by atoms with Gasteiger partial charge in [-0.1, -0.05) is 13.8 Å². The zero-order valence-corrected chi connectivity index (χ0v) is 11.5. The van der Waals surface area contributed by atoms with Crippen molar-refractivity contribution in [3.63, 3.8) is 0 Å². The number of rotatable bonds is 9. The van der Waals surface area contributed by atoms with E-state index in [-0.39, 0.29) is 0 Å². The minimum atomic E-state index is -4.92. The molecule has 1 unspecified atom stereocenters. The van der Waals surface area contributed by atoms with E-state index in [2.05, 4.69) is 9.47 Å². The van der Waals surface area contributed by atoms with E-state index < -0.39 is 49.6 Å². The summed E-state index contributed by atoms with van der Waals surface area (Å²) in [4.78, 5) is 0. The fourth-order valence-electron chi connectivity index (χ4n) is 1.11. The molecule has 128 valence electrons. The summed E-state index contributed by atoms with van der Waals surface area (Å²) in [5.41, 5.74) is 0.